The van der Waals surface area contributed by atoms with Crippen LogP contribution >= 0.6 is 0 Å². The molecule has 0 aromatic heterocycles. The molecular formula is C17H27NO. The summed E-state index contributed by atoms with van der Waals surface area (Å²) in [6.07, 6.45) is 5.04. The second kappa shape index (κ2) is 5.96. The largest absolute Gasteiger partial charge is 0.497 e. The molecule has 0 bridgehead atoms. The summed E-state index contributed by atoms with van der Waals surface area (Å²) in [5.41, 5.74) is 3.17. The smallest absolute Gasteiger partial charge is 0.119 e. The fourth-order valence-corrected chi connectivity index (χ4v) is 3.45. The van der Waals surface area contributed by atoms with Crippen LogP contribution in [0.15, 0.2) is 18.2 Å². The van der Waals surface area contributed by atoms with Crippen molar-refractivity contribution in [2.24, 2.45) is 0 Å². The predicted octanol–water partition coefficient (Wildman–Crippen LogP) is 3.81. The number of benzene rings is 1. The first-order valence-electron chi connectivity index (χ1n) is 7.47. The summed E-state index contributed by atoms with van der Waals surface area (Å²) in [5, 5.41) is 3.67. The zero-order valence-electron chi connectivity index (χ0n) is 12.8. The van der Waals surface area contributed by atoms with Gasteiger partial charge in [-0.05, 0) is 67.8 Å². The fourth-order valence-electron chi connectivity index (χ4n) is 3.45. The maximum Gasteiger partial charge on any atom is 0.119 e. The summed E-state index contributed by atoms with van der Waals surface area (Å²) in [5.74, 6) is 0.962. The van der Waals surface area contributed by atoms with Crippen molar-refractivity contribution >= 4 is 0 Å². The third-order valence-corrected chi connectivity index (χ3v) is 4.51. The normalized spacial score (nSPS) is 26.6. The summed E-state index contributed by atoms with van der Waals surface area (Å²) in [4.78, 5) is 0. The van der Waals surface area contributed by atoms with Gasteiger partial charge in [-0.3, -0.25) is 0 Å². The van der Waals surface area contributed by atoms with Gasteiger partial charge < -0.3 is 10.1 Å². The number of rotatable bonds is 5. The molecule has 19 heavy (non-hydrogen) atoms. The molecule has 0 heterocycles. The molecule has 0 radical (unpaired) electrons. The van der Waals surface area contributed by atoms with E-state index in [2.05, 4.69) is 44.3 Å². The molecule has 2 nitrogen and oxygen atoms in total. The quantitative estimate of drug-likeness (QED) is 0.870. The van der Waals surface area contributed by atoms with Crippen LogP contribution in [0, 0.1) is 6.92 Å². The molecule has 2 rings (SSSR count). The van der Waals surface area contributed by atoms with Crippen LogP contribution in [0.1, 0.15) is 50.7 Å². The van der Waals surface area contributed by atoms with E-state index in [1.807, 2.05) is 0 Å². The van der Waals surface area contributed by atoms with Crippen molar-refractivity contribution in [1.29, 1.82) is 0 Å². The van der Waals surface area contributed by atoms with Crippen molar-refractivity contribution < 1.29 is 4.74 Å². The number of hydrogen-bond acceptors (Lipinski definition) is 2. The Labute approximate surface area is 117 Å². The van der Waals surface area contributed by atoms with Gasteiger partial charge in [0.25, 0.3) is 0 Å². The zero-order valence-corrected chi connectivity index (χ0v) is 12.8. The molecule has 0 amide bonds. The molecule has 1 aliphatic rings. The molecule has 2 atom stereocenters. The lowest BCUT2D eigenvalue weighted by atomic mass is 9.78. The molecule has 0 spiro atoms. The molecule has 2 heteroatoms. The first-order chi connectivity index (χ1) is 9.09. The van der Waals surface area contributed by atoms with Gasteiger partial charge in [-0.2, -0.15) is 0 Å². The number of hydrogen-bond donors (Lipinski definition) is 1. The van der Waals surface area contributed by atoms with Gasteiger partial charge >= 0.3 is 0 Å². The Balaban J connectivity index is 2.13. The van der Waals surface area contributed by atoms with E-state index < -0.39 is 0 Å². The fraction of sp³-hybridized carbons (Fsp3) is 0.647. The van der Waals surface area contributed by atoms with Gasteiger partial charge in [0.05, 0.1) is 7.11 Å². The maximum atomic E-state index is 5.31. The van der Waals surface area contributed by atoms with Crippen molar-refractivity contribution in [1.82, 2.24) is 5.32 Å². The van der Waals surface area contributed by atoms with Crippen molar-refractivity contribution in [2.75, 3.05) is 13.7 Å². The summed E-state index contributed by atoms with van der Waals surface area (Å²) in [7, 11) is 1.73. The van der Waals surface area contributed by atoms with Crippen LogP contribution in [0.25, 0.3) is 0 Å². The Morgan fingerprint density at radius 1 is 1.42 bits per heavy atom. The van der Waals surface area contributed by atoms with E-state index in [9.17, 15) is 0 Å². The number of methoxy groups -OCH3 is 1. The second-order valence-electron chi connectivity index (χ2n) is 6.14. The minimum absolute atomic E-state index is 0.321. The van der Waals surface area contributed by atoms with Crippen LogP contribution in [-0.2, 0) is 5.41 Å². The molecular weight excluding hydrogens is 234 g/mol. The van der Waals surface area contributed by atoms with Gasteiger partial charge in [-0.25, -0.2) is 0 Å². The van der Waals surface area contributed by atoms with Crippen molar-refractivity contribution in [3.05, 3.63) is 29.3 Å². The maximum absolute atomic E-state index is 5.31. The van der Waals surface area contributed by atoms with Gasteiger partial charge in [0, 0.05) is 6.04 Å². The number of aryl methyl sites for hydroxylation is 1. The van der Waals surface area contributed by atoms with Crippen LogP contribution in [0.5, 0.6) is 5.75 Å². The van der Waals surface area contributed by atoms with E-state index in [1.165, 1.54) is 36.8 Å². The van der Waals surface area contributed by atoms with Crippen LogP contribution in [0.3, 0.4) is 0 Å². The van der Waals surface area contributed by atoms with Gasteiger partial charge in [0.1, 0.15) is 5.75 Å². The van der Waals surface area contributed by atoms with E-state index in [-0.39, 0.29) is 0 Å². The van der Waals surface area contributed by atoms with E-state index in [0.29, 0.717) is 11.5 Å². The van der Waals surface area contributed by atoms with E-state index in [0.717, 1.165) is 12.3 Å². The Morgan fingerprint density at radius 2 is 2.21 bits per heavy atom. The molecule has 1 N–H and O–H groups in total. The highest BCUT2D eigenvalue weighted by atomic mass is 16.5. The third-order valence-electron chi connectivity index (χ3n) is 4.51. The average Bonchev–Trinajstić information content (AvgIpc) is 2.78. The molecule has 0 aliphatic heterocycles. The standard InChI is InChI=1S/C17H27NO/c1-5-10-18-14-8-9-17(3,12-14)16-7-6-15(19-4)11-13(16)2/h6-7,11,14,18H,5,8-10,12H2,1-4H3. The van der Waals surface area contributed by atoms with Crippen LogP contribution in [-0.4, -0.2) is 19.7 Å². The van der Waals surface area contributed by atoms with E-state index in [1.54, 1.807) is 7.11 Å². The first-order valence-corrected chi connectivity index (χ1v) is 7.47. The highest BCUT2D eigenvalue weighted by Gasteiger charge is 2.37. The number of ether oxygens (including phenoxy) is 1. The van der Waals surface area contributed by atoms with E-state index >= 15 is 0 Å². The predicted molar refractivity (Wildman–Crippen MR) is 81.0 cm³/mol. The summed E-state index contributed by atoms with van der Waals surface area (Å²) >= 11 is 0. The highest BCUT2D eigenvalue weighted by Crippen LogP contribution is 2.42. The molecule has 1 aromatic carbocycles. The van der Waals surface area contributed by atoms with Crippen LogP contribution in [0.2, 0.25) is 0 Å². The monoisotopic (exact) mass is 261 g/mol. The Morgan fingerprint density at radius 3 is 2.84 bits per heavy atom. The minimum Gasteiger partial charge on any atom is -0.497 e. The average molecular weight is 261 g/mol. The summed E-state index contributed by atoms with van der Waals surface area (Å²) in [6.45, 7) is 7.99. The van der Waals surface area contributed by atoms with Crippen molar-refractivity contribution in [3.8, 4) is 5.75 Å². The molecule has 2 unspecified atom stereocenters. The van der Waals surface area contributed by atoms with E-state index in [4.69, 9.17) is 4.74 Å². The van der Waals surface area contributed by atoms with Crippen molar-refractivity contribution in [3.63, 3.8) is 0 Å². The van der Waals surface area contributed by atoms with Crippen LogP contribution in [0.4, 0.5) is 0 Å². The second-order valence-corrected chi connectivity index (χ2v) is 6.14. The Hall–Kier alpha value is -1.02. The lowest BCUT2D eigenvalue weighted by Crippen LogP contribution is -2.29. The van der Waals surface area contributed by atoms with Gasteiger partial charge in [-0.1, -0.05) is 19.9 Å². The topological polar surface area (TPSA) is 21.3 Å². The summed E-state index contributed by atoms with van der Waals surface area (Å²) < 4.78 is 5.31. The van der Waals surface area contributed by atoms with Gasteiger partial charge in [-0.15, -0.1) is 0 Å². The molecule has 1 fully saturated rings. The molecule has 1 aliphatic carbocycles. The molecule has 1 aromatic rings. The molecule has 1 saturated carbocycles. The highest BCUT2D eigenvalue weighted by molar-refractivity contribution is 5.40. The van der Waals surface area contributed by atoms with Crippen LogP contribution < -0.4 is 10.1 Å². The Kier molecular flexibility index (Phi) is 4.51. The first kappa shape index (κ1) is 14.4. The molecule has 0 saturated heterocycles. The van der Waals surface area contributed by atoms with Gasteiger partial charge in [0.2, 0.25) is 0 Å². The third kappa shape index (κ3) is 3.11. The SMILES string of the molecule is CCCNC1CCC(C)(c2ccc(OC)cc2C)C1. The molecule has 106 valence electrons. The number of nitrogens with one attached hydrogen (secondary N) is 1. The zero-order chi connectivity index (χ0) is 13.9. The summed E-state index contributed by atoms with van der Waals surface area (Å²) in [6, 6.07) is 7.20. The van der Waals surface area contributed by atoms with Crippen molar-refractivity contribution in [2.45, 2.75) is 57.9 Å². The Bertz CT molecular complexity index is 429. The minimum atomic E-state index is 0.321. The van der Waals surface area contributed by atoms with Gasteiger partial charge in [0.15, 0.2) is 0 Å². The lowest BCUT2D eigenvalue weighted by molar-refractivity contribution is 0.412. The lowest BCUT2D eigenvalue weighted by Gasteiger charge is -2.27.